The molecular weight excluding hydrogens is 450 g/mol. The van der Waals surface area contributed by atoms with Crippen molar-refractivity contribution >= 4 is 34.0 Å². The Labute approximate surface area is 200 Å². The number of ether oxygens (including phenoxy) is 2. The number of azo groups is 1. The molecule has 3 aromatic heterocycles. The van der Waals surface area contributed by atoms with Gasteiger partial charge in [-0.05, 0) is 59.3 Å². The molecule has 0 spiro atoms. The first-order chi connectivity index (χ1) is 16.3. The topological polar surface area (TPSA) is 48.1 Å². The molecule has 0 aliphatic carbocycles. The van der Waals surface area contributed by atoms with Crippen LogP contribution in [0.25, 0.3) is 26.8 Å². The van der Waals surface area contributed by atoms with E-state index >= 15 is 0 Å². The molecule has 5 aromatic rings. The van der Waals surface area contributed by atoms with Gasteiger partial charge in [0.2, 0.25) is 0 Å². The van der Waals surface area contributed by atoms with Crippen molar-refractivity contribution < 1.29 is 9.47 Å². The third kappa shape index (κ3) is 4.20. The molecule has 0 saturated carbocycles. The van der Waals surface area contributed by atoms with E-state index in [2.05, 4.69) is 62.0 Å². The lowest BCUT2D eigenvalue weighted by Crippen LogP contribution is -2.01. The van der Waals surface area contributed by atoms with Crippen LogP contribution in [-0.4, -0.2) is 18.8 Å². The van der Waals surface area contributed by atoms with Crippen molar-refractivity contribution in [1.29, 1.82) is 0 Å². The molecule has 0 amide bonds. The molecule has 5 rings (SSSR count). The average molecular weight is 472 g/mol. The van der Waals surface area contributed by atoms with Gasteiger partial charge in [-0.1, -0.05) is 24.3 Å². The van der Waals surface area contributed by atoms with Crippen molar-refractivity contribution in [3.63, 3.8) is 0 Å². The quantitative estimate of drug-likeness (QED) is 0.224. The Balaban J connectivity index is 1.59. The van der Waals surface area contributed by atoms with Crippen molar-refractivity contribution in [2.45, 2.75) is 0 Å². The Morgan fingerprint density at radius 1 is 0.667 bits per heavy atom. The summed E-state index contributed by atoms with van der Waals surface area (Å²) in [4.78, 5) is 2.39. The van der Waals surface area contributed by atoms with E-state index in [1.165, 1.54) is 9.75 Å². The van der Waals surface area contributed by atoms with E-state index in [1.54, 1.807) is 36.9 Å². The zero-order valence-corrected chi connectivity index (χ0v) is 19.8. The number of para-hydroxylation sites is 1. The smallest absolute Gasteiger partial charge is 0.146 e. The molecule has 7 heteroatoms. The van der Waals surface area contributed by atoms with Gasteiger partial charge in [0, 0.05) is 6.07 Å². The van der Waals surface area contributed by atoms with Gasteiger partial charge in [0.25, 0.3) is 0 Å². The molecule has 5 nitrogen and oxygen atoms in total. The molecule has 0 fully saturated rings. The summed E-state index contributed by atoms with van der Waals surface area (Å²) in [6.45, 7) is 0. The first-order valence-corrected chi connectivity index (χ1v) is 12.1. The summed E-state index contributed by atoms with van der Waals surface area (Å²) < 4.78 is 13.4. The second-order valence-corrected chi connectivity index (χ2v) is 9.02. The Hall–Kier alpha value is -3.68. The fraction of sp³-hybridized carbons (Fsp3) is 0.0769. The summed E-state index contributed by atoms with van der Waals surface area (Å²) in [5.74, 6) is 1.40. The fourth-order valence-electron chi connectivity index (χ4n) is 3.67. The Morgan fingerprint density at radius 2 is 1.33 bits per heavy atom. The summed E-state index contributed by atoms with van der Waals surface area (Å²) in [5, 5.41) is 13.0. The summed E-state index contributed by atoms with van der Waals surface area (Å²) in [5.41, 5.74) is 4.56. The van der Waals surface area contributed by atoms with Crippen LogP contribution in [0.5, 0.6) is 11.5 Å². The fourth-order valence-corrected chi connectivity index (χ4v) is 5.15. The average Bonchev–Trinajstić information content (AvgIpc) is 3.63. The molecule has 0 radical (unpaired) electrons. The minimum atomic E-state index is 0.674. The van der Waals surface area contributed by atoms with Crippen LogP contribution in [0.4, 0.5) is 11.4 Å². The van der Waals surface area contributed by atoms with Gasteiger partial charge in [0.15, 0.2) is 0 Å². The maximum atomic E-state index is 5.81. The number of hydrogen-bond donors (Lipinski definition) is 0. The second-order valence-electron chi connectivity index (χ2n) is 7.12. The molecular formula is C26H21N3O2S2. The minimum Gasteiger partial charge on any atom is -0.494 e. The number of hydrogen-bond acceptors (Lipinski definition) is 6. The van der Waals surface area contributed by atoms with Crippen molar-refractivity contribution in [3.05, 3.63) is 89.6 Å². The van der Waals surface area contributed by atoms with Gasteiger partial charge in [0.05, 0.1) is 46.7 Å². The van der Waals surface area contributed by atoms with E-state index in [4.69, 9.17) is 9.47 Å². The lowest BCUT2D eigenvalue weighted by Gasteiger charge is -2.16. The minimum absolute atomic E-state index is 0.674. The highest BCUT2D eigenvalue weighted by atomic mass is 32.1. The van der Waals surface area contributed by atoms with E-state index in [-0.39, 0.29) is 0 Å². The molecule has 0 bridgehead atoms. The third-order valence-electron chi connectivity index (χ3n) is 5.19. The van der Waals surface area contributed by atoms with Gasteiger partial charge >= 0.3 is 0 Å². The van der Waals surface area contributed by atoms with Gasteiger partial charge in [-0.2, -0.15) is 5.11 Å². The van der Waals surface area contributed by atoms with E-state index in [9.17, 15) is 0 Å². The molecule has 0 aliphatic heterocycles. The normalized spacial score (nSPS) is 11.2. The predicted octanol–water partition coefficient (Wildman–Crippen LogP) is 8.37. The van der Waals surface area contributed by atoms with Crippen LogP contribution < -0.4 is 9.47 Å². The van der Waals surface area contributed by atoms with Crippen LogP contribution in [0, 0.1) is 0 Å². The molecule has 0 atom stereocenters. The van der Waals surface area contributed by atoms with E-state index in [0.29, 0.717) is 17.1 Å². The number of nitrogens with zero attached hydrogens (tertiary/aromatic N) is 3. The monoisotopic (exact) mass is 471 g/mol. The van der Waals surface area contributed by atoms with Crippen molar-refractivity contribution in [2.24, 2.45) is 10.2 Å². The molecule has 0 unspecified atom stereocenters. The van der Waals surface area contributed by atoms with Gasteiger partial charge in [-0.15, -0.1) is 27.8 Å². The molecule has 0 saturated heterocycles. The van der Waals surface area contributed by atoms with Gasteiger partial charge in [-0.3, -0.25) is 0 Å². The van der Waals surface area contributed by atoms with E-state index < -0.39 is 0 Å². The van der Waals surface area contributed by atoms with E-state index in [0.717, 1.165) is 22.8 Å². The molecule has 2 aromatic carbocycles. The standard InChI is InChI=1S/C26H21N3O2S2/c1-30-23-8-4-3-7-19(23)28-27-18-11-12-20(24(17-18)31-2)29-21(25-9-5-15-32-25)13-14-22(29)26-10-6-16-33-26/h3-17H,1-2H3. The number of benzene rings is 2. The Morgan fingerprint density at radius 3 is 1.94 bits per heavy atom. The summed E-state index contributed by atoms with van der Waals surface area (Å²) in [6, 6.07) is 26.2. The maximum absolute atomic E-state index is 5.81. The number of thiophene rings is 2. The summed E-state index contributed by atoms with van der Waals surface area (Å²) in [6.07, 6.45) is 0. The highest BCUT2D eigenvalue weighted by Gasteiger charge is 2.18. The molecule has 3 heterocycles. The number of methoxy groups -OCH3 is 2. The maximum Gasteiger partial charge on any atom is 0.146 e. The van der Waals surface area contributed by atoms with Gasteiger partial charge in [0.1, 0.15) is 17.2 Å². The van der Waals surface area contributed by atoms with Crippen LogP contribution in [0.3, 0.4) is 0 Å². The Kier molecular flexibility index (Phi) is 6.06. The molecule has 0 N–H and O–H groups in total. The zero-order valence-electron chi connectivity index (χ0n) is 18.1. The Bertz CT molecular complexity index is 1340. The van der Waals surface area contributed by atoms with Gasteiger partial charge < -0.3 is 14.0 Å². The van der Waals surface area contributed by atoms with Gasteiger partial charge in [-0.25, -0.2) is 0 Å². The molecule has 164 valence electrons. The molecule has 0 aliphatic rings. The predicted molar refractivity (Wildman–Crippen MR) is 136 cm³/mol. The number of aromatic nitrogens is 1. The third-order valence-corrected chi connectivity index (χ3v) is 6.98. The van der Waals surface area contributed by atoms with Crippen molar-refractivity contribution in [2.75, 3.05) is 14.2 Å². The lowest BCUT2D eigenvalue weighted by molar-refractivity contribution is 0.413. The lowest BCUT2D eigenvalue weighted by atomic mass is 10.2. The summed E-state index contributed by atoms with van der Waals surface area (Å²) in [7, 11) is 3.30. The first-order valence-electron chi connectivity index (χ1n) is 10.3. The van der Waals surface area contributed by atoms with Crippen LogP contribution in [0.2, 0.25) is 0 Å². The highest BCUT2D eigenvalue weighted by molar-refractivity contribution is 7.14. The van der Waals surface area contributed by atoms with Crippen LogP contribution in [0.1, 0.15) is 0 Å². The van der Waals surface area contributed by atoms with Crippen LogP contribution >= 0.6 is 22.7 Å². The molecule has 33 heavy (non-hydrogen) atoms. The van der Waals surface area contributed by atoms with E-state index in [1.807, 2.05) is 42.5 Å². The first kappa shape index (κ1) is 21.2. The second kappa shape index (κ2) is 9.44. The summed E-state index contributed by atoms with van der Waals surface area (Å²) >= 11 is 3.44. The van der Waals surface area contributed by atoms with Crippen LogP contribution in [0.15, 0.2) is 99.9 Å². The number of rotatable bonds is 7. The van der Waals surface area contributed by atoms with Crippen molar-refractivity contribution in [3.8, 4) is 38.3 Å². The van der Waals surface area contributed by atoms with Crippen LogP contribution in [-0.2, 0) is 0 Å². The SMILES string of the molecule is COc1ccccc1N=Nc1ccc(-n2c(-c3cccs3)ccc2-c2cccs2)c(OC)c1. The largest absolute Gasteiger partial charge is 0.494 e. The van der Waals surface area contributed by atoms with Crippen molar-refractivity contribution in [1.82, 2.24) is 4.57 Å². The highest BCUT2D eigenvalue weighted by Crippen LogP contribution is 2.40. The zero-order chi connectivity index (χ0) is 22.6.